The zero-order valence-corrected chi connectivity index (χ0v) is 22.3. The summed E-state index contributed by atoms with van der Waals surface area (Å²) in [6.07, 6.45) is 6.54. The number of rotatable bonds is 8. The van der Waals surface area contributed by atoms with Crippen LogP contribution < -0.4 is 17.0 Å². The number of nitrogens with two attached hydrogens (primary N) is 2. The molecule has 10 heteroatoms. The van der Waals surface area contributed by atoms with E-state index in [2.05, 4.69) is 16.1 Å². The minimum Gasteiger partial charge on any atom is -0.444 e. The summed E-state index contributed by atoms with van der Waals surface area (Å²) in [5.74, 6) is -0.794. The molecule has 1 aliphatic rings. The third-order valence-electron chi connectivity index (χ3n) is 7.44. The summed E-state index contributed by atoms with van der Waals surface area (Å²) in [4.78, 5) is 40.9. The van der Waals surface area contributed by atoms with Crippen molar-refractivity contribution in [1.29, 1.82) is 0 Å². The van der Waals surface area contributed by atoms with Crippen molar-refractivity contribution >= 4 is 23.6 Å². The SMILES string of the molecule is CC(C)(CCC1(c2cccc(Cl)c2)CCC(n2nc(-c3cccnc3)cc(C(N)=O)c2=O)CC1)OC(N)=O. The van der Waals surface area contributed by atoms with Gasteiger partial charge in [0.2, 0.25) is 0 Å². The van der Waals surface area contributed by atoms with Crippen LogP contribution in [-0.4, -0.2) is 32.4 Å². The van der Waals surface area contributed by atoms with Crippen LogP contribution >= 0.6 is 11.6 Å². The fraction of sp³-hybridized carbons (Fsp3) is 0.393. The number of aromatic nitrogens is 3. The van der Waals surface area contributed by atoms with Crippen molar-refractivity contribution in [3.8, 4) is 11.3 Å². The second-order valence-corrected chi connectivity index (χ2v) is 10.9. The number of benzene rings is 1. The number of nitrogens with zero attached hydrogens (tertiary/aromatic N) is 3. The molecule has 1 aliphatic carbocycles. The van der Waals surface area contributed by atoms with Crippen molar-refractivity contribution in [3.05, 3.63) is 81.4 Å². The van der Waals surface area contributed by atoms with Crippen LogP contribution in [0.3, 0.4) is 0 Å². The first kappa shape index (κ1) is 27.3. The Kier molecular flexibility index (Phi) is 7.87. The van der Waals surface area contributed by atoms with Crippen LogP contribution in [0.5, 0.6) is 0 Å². The molecule has 0 atom stereocenters. The maximum absolute atomic E-state index is 13.2. The molecule has 0 saturated heterocycles. The van der Waals surface area contributed by atoms with Crippen molar-refractivity contribution in [2.45, 2.75) is 69.4 Å². The first-order valence-corrected chi connectivity index (χ1v) is 13.0. The lowest BCUT2D eigenvalue weighted by Gasteiger charge is -2.42. The van der Waals surface area contributed by atoms with E-state index in [1.54, 1.807) is 18.5 Å². The molecule has 0 bridgehead atoms. The van der Waals surface area contributed by atoms with Gasteiger partial charge in [0, 0.05) is 23.0 Å². The minimum absolute atomic E-state index is 0.101. The molecule has 0 radical (unpaired) electrons. The summed E-state index contributed by atoms with van der Waals surface area (Å²) in [5.41, 5.74) is 11.5. The van der Waals surface area contributed by atoms with Crippen molar-refractivity contribution in [3.63, 3.8) is 0 Å². The third kappa shape index (κ3) is 6.05. The molecule has 2 aromatic heterocycles. The predicted molar refractivity (Wildman–Crippen MR) is 145 cm³/mol. The molecule has 38 heavy (non-hydrogen) atoms. The van der Waals surface area contributed by atoms with Crippen molar-refractivity contribution in [2.24, 2.45) is 11.5 Å². The van der Waals surface area contributed by atoms with Gasteiger partial charge < -0.3 is 16.2 Å². The second kappa shape index (κ2) is 10.9. The van der Waals surface area contributed by atoms with Gasteiger partial charge in [-0.15, -0.1) is 0 Å². The molecule has 1 fully saturated rings. The van der Waals surface area contributed by atoms with Crippen LogP contribution in [0.15, 0.2) is 59.7 Å². The van der Waals surface area contributed by atoms with Crippen molar-refractivity contribution in [2.75, 3.05) is 0 Å². The van der Waals surface area contributed by atoms with E-state index >= 15 is 0 Å². The van der Waals surface area contributed by atoms with Gasteiger partial charge in [-0.1, -0.05) is 23.7 Å². The number of carbonyl (C=O) groups is 2. The number of hydrogen-bond donors (Lipinski definition) is 2. The van der Waals surface area contributed by atoms with Gasteiger partial charge >= 0.3 is 6.09 Å². The Morgan fingerprint density at radius 2 is 1.89 bits per heavy atom. The van der Waals surface area contributed by atoms with E-state index in [1.807, 2.05) is 38.1 Å². The molecule has 9 nitrogen and oxygen atoms in total. The van der Waals surface area contributed by atoms with Gasteiger partial charge in [0.1, 0.15) is 11.2 Å². The van der Waals surface area contributed by atoms with Gasteiger partial charge in [-0.3, -0.25) is 14.6 Å². The number of pyridine rings is 1. The number of amides is 2. The van der Waals surface area contributed by atoms with Gasteiger partial charge in [0.15, 0.2) is 0 Å². The number of hydrogen-bond acceptors (Lipinski definition) is 6. The highest BCUT2D eigenvalue weighted by atomic mass is 35.5. The zero-order valence-electron chi connectivity index (χ0n) is 21.5. The Morgan fingerprint density at radius 1 is 1.16 bits per heavy atom. The largest absolute Gasteiger partial charge is 0.444 e. The second-order valence-electron chi connectivity index (χ2n) is 10.5. The maximum atomic E-state index is 13.2. The Balaban J connectivity index is 1.66. The minimum atomic E-state index is -0.806. The molecule has 0 aliphatic heterocycles. The number of primary amides is 2. The van der Waals surface area contributed by atoms with Gasteiger partial charge in [0.05, 0.1) is 11.7 Å². The molecule has 0 spiro atoms. The summed E-state index contributed by atoms with van der Waals surface area (Å²) in [6, 6.07) is 12.6. The smallest absolute Gasteiger partial charge is 0.405 e. The lowest BCUT2D eigenvalue weighted by Crippen LogP contribution is -2.40. The highest BCUT2D eigenvalue weighted by Crippen LogP contribution is 2.47. The average Bonchev–Trinajstić information content (AvgIpc) is 2.88. The number of carbonyl (C=O) groups excluding carboxylic acids is 2. The fourth-order valence-electron chi connectivity index (χ4n) is 5.36. The van der Waals surface area contributed by atoms with E-state index in [1.165, 1.54) is 10.7 Å². The lowest BCUT2D eigenvalue weighted by molar-refractivity contribution is 0.0290. The number of ether oxygens (including phenoxy) is 1. The molecular weight excluding hydrogens is 506 g/mol. The maximum Gasteiger partial charge on any atom is 0.405 e. The quantitative estimate of drug-likeness (QED) is 0.424. The van der Waals surface area contributed by atoms with Crippen LogP contribution in [0.4, 0.5) is 4.79 Å². The fourth-order valence-corrected chi connectivity index (χ4v) is 5.55. The third-order valence-corrected chi connectivity index (χ3v) is 7.67. The summed E-state index contributed by atoms with van der Waals surface area (Å²) >= 11 is 6.36. The highest BCUT2D eigenvalue weighted by Gasteiger charge is 2.40. The van der Waals surface area contributed by atoms with Gasteiger partial charge in [0.25, 0.3) is 11.5 Å². The lowest BCUT2D eigenvalue weighted by atomic mass is 9.65. The summed E-state index contributed by atoms with van der Waals surface area (Å²) in [6.45, 7) is 3.68. The van der Waals surface area contributed by atoms with E-state index in [0.29, 0.717) is 35.5 Å². The Hall–Kier alpha value is -3.72. The molecule has 1 aromatic carbocycles. The average molecular weight is 538 g/mol. The number of halogens is 1. The first-order chi connectivity index (χ1) is 18.0. The van der Waals surface area contributed by atoms with Crippen molar-refractivity contribution in [1.82, 2.24) is 14.8 Å². The van der Waals surface area contributed by atoms with Gasteiger partial charge in [-0.25, -0.2) is 9.48 Å². The van der Waals surface area contributed by atoms with Gasteiger partial charge in [-0.2, -0.15) is 5.10 Å². The zero-order chi connectivity index (χ0) is 27.5. The van der Waals surface area contributed by atoms with Crippen LogP contribution in [0.1, 0.15) is 74.3 Å². The monoisotopic (exact) mass is 537 g/mol. The first-order valence-electron chi connectivity index (χ1n) is 12.6. The highest BCUT2D eigenvalue weighted by molar-refractivity contribution is 6.30. The molecule has 2 amide bonds. The molecule has 0 unspecified atom stereocenters. The molecule has 1 saturated carbocycles. The van der Waals surface area contributed by atoms with Crippen LogP contribution in [0, 0.1) is 0 Å². The van der Waals surface area contributed by atoms with E-state index in [0.717, 1.165) is 24.8 Å². The molecule has 200 valence electrons. The normalized spacial score (nSPS) is 19.6. The van der Waals surface area contributed by atoms with E-state index < -0.39 is 23.2 Å². The van der Waals surface area contributed by atoms with E-state index in [-0.39, 0.29) is 17.0 Å². The molecule has 2 heterocycles. The molecule has 3 aromatic rings. The predicted octanol–water partition coefficient (Wildman–Crippen LogP) is 4.76. The molecular formula is C28H32ClN5O4. The van der Waals surface area contributed by atoms with Crippen molar-refractivity contribution < 1.29 is 14.3 Å². The topological polar surface area (TPSA) is 143 Å². The summed E-state index contributed by atoms with van der Waals surface area (Å²) in [5, 5.41) is 5.27. The molecule has 4 rings (SSSR count). The van der Waals surface area contributed by atoms with Crippen LogP contribution in [-0.2, 0) is 10.2 Å². The Morgan fingerprint density at radius 3 is 2.50 bits per heavy atom. The summed E-state index contributed by atoms with van der Waals surface area (Å²) in [7, 11) is 0. The Bertz CT molecular complexity index is 1380. The van der Waals surface area contributed by atoms with E-state index in [4.69, 9.17) is 27.8 Å². The standard InChI is InChI=1S/C28H32ClN5O4/c1-27(2,38-26(31)37)12-13-28(19-6-3-7-20(29)15-19)10-8-21(9-11-28)34-25(36)22(24(30)35)16-23(33-34)18-5-4-14-32-17-18/h3-7,14-17,21H,8-13H2,1-2H3,(H2,30,35)(H2,31,37). The summed E-state index contributed by atoms with van der Waals surface area (Å²) < 4.78 is 6.75. The van der Waals surface area contributed by atoms with Crippen LogP contribution in [0.25, 0.3) is 11.3 Å². The molecule has 4 N–H and O–H groups in total. The van der Waals surface area contributed by atoms with Crippen LogP contribution in [0.2, 0.25) is 5.02 Å². The van der Waals surface area contributed by atoms with E-state index in [9.17, 15) is 14.4 Å². The van der Waals surface area contributed by atoms with Gasteiger partial charge in [-0.05, 0) is 93.7 Å². The Labute approximate surface area is 226 Å².